The van der Waals surface area contributed by atoms with E-state index in [1.807, 2.05) is 17.0 Å². The van der Waals surface area contributed by atoms with Crippen LogP contribution in [0.2, 0.25) is 4.34 Å². The van der Waals surface area contributed by atoms with Crippen LogP contribution in [0, 0.1) is 0 Å². The summed E-state index contributed by atoms with van der Waals surface area (Å²) in [5, 5.41) is 0. The summed E-state index contributed by atoms with van der Waals surface area (Å²) in [6.07, 6.45) is 6.35. The minimum atomic E-state index is -0.302. The molecule has 20 heavy (non-hydrogen) atoms. The second-order valence-corrected chi connectivity index (χ2v) is 7.31. The molecule has 1 aliphatic rings. The summed E-state index contributed by atoms with van der Waals surface area (Å²) >= 11 is 7.44. The average molecular weight is 313 g/mol. The fourth-order valence-electron chi connectivity index (χ4n) is 2.70. The molecule has 1 amide bonds. The van der Waals surface area contributed by atoms with Crippen molar-refractivity contribution in [1.29, 1.82) is 0 Å². The van der Waals surface area contributed by atoms with E-state index in [1.54, 1.807) is 6.08 Å². The smallest absolute Gasteiger partial charge is 0.225 e. The first-order chi connectivity index (χ1) is 9.52. The Hall–Kier alpha value is -0.840. The first kappa shape index (κ1) is 15.5. The molecular formula is C15H21ClN2OS. The van der Waals surface area contributed by atoms with Crippen LogP contribution >= 0.6 is 22.9 Å². The van der Waals surface area contributed by atoms with Crippen LogP contribution in [0.1, 0.15) is 37.0 Å². The molecule has 110 valence electrons. The Morgan fingerprint density at radius 2 is 2.20 bits per heavy atom. The molecule has 0 saturated heterocycles. The number of nitrogens with zero attached hydrogens (tertiary/aromatic N) is 1. The fourth-order valence-corrected chi connectivity index (χ4v) is 3.81. The monoisotopic (exact) mass is 312 g/mol. The third kappa shape index (κ3) is 4.08. The first-order valence-corrected chi connectivity index (χ1v) is 8.14. The van der Waals surface area contributed by atoms with Crippen molar-refractivity contribution in [2.45, 2.75) is 44.2 Å². The van der Waals surface area contributed by atoms with Gasteiger partial charge in [0.2, 0.25) is 5.91 Å². The van der Waals surface area contributed by atoms with Gasteiger partial charge < -0.3 is 10.6 Å². The molecule has 5 heteroatoms. The number of rotatable bonds is 6. The van der Waals surface area contributed by atoms with Crippen LogP contribution in [-0.4, -0.2) is 22.9 Å². The first-order valence-electron chi connectivity index (χ1n) is 6.94. The largest absolute Gasteiger partial charge is 0.334 e. The topological polar surface area (TPSA) is 46.3 Å². The van der Waals surface area contributed by atoms with E-state index in [1.165, 1.54) is 11.3 Å². The lowest BCUT2D eigenvalue weighted by Gasteiger charge is -2.27. The van der Waals surface area contributed by atoms with Gasteiger partial charge in [-0.15, -0.1) is 17.9 Å². The molecule has 0 aromatic carbocycles. The number of halogens is 1. The van der Waals surface area contributed by atoms with Crippen molar-refractivity contribution in [2.75, 3.05) is 6.54 Å². The maximum absolute atomic E-state index is 12.5. The molecule has 0 unspecified atom stereocenters. The summed E-state index contributed by atoms with van der Waals surface area (Å²) in [5.41, 5.74) is 6.00. The van der Waals surface area contributed by atoms with Crippen LogP contribution in [0.4, 0.5) is 0 Å². The molecule has 0 bridgehead atoms. The maximum atomic E-state index is 12.5. The van der Waals surface area contributed by atoms with Gasteiger partial charge in [0.05, 0.1) is 10.9 Å². The summed E-state index contributed by atoms with van der Waals surface area (Å²) in [6.45, 7) is 4.86. The Balaban J connectivity index is 1.99. The lowest BCUT2D eigenvalue weighted by molar-refractivity contribution is -0.132. The second kappa shape index (κ2) is 6.74. The molecule has 0 atom stereocenters. The average Bonchev–Trinajstić information content (AvgIpc) is 2.98. The van der Waals surface area contributed by atoms with Gasteiger partial charge in [0, 0.05) is 23.4 Å². The van der Waals surface area contributed by atoms with Gasteiger partial charge in [0.15, 0.2) is 0 Å². The zero-order chi connectivity index (χ0) is 14.6. The molecule has 1 aromatic heterocycles. The van der Waals surface area contributed by atoms with E-state index >= 15 is 0 Å². The third-order valence-electron chi connectivity index (χ3n) is 3.78. The van der Waals surface area contributed by atoms with E-state index in [-0.39, 0.29) is 11.4 Å². The molecule has 1 aromatic rings. The molecule has 3 nitrogen and oxygen atoms in total. The standard InChI is InChI=1S/C15H21ClN2OS/c1-2-9-18(11-12-5-6-13(16)20-12)14(19)10-15(17)7-3-4-8-15/h2,5-6H,1,3-4,7-11,17H2. The van der Waals surface area contributed by atoms with Crippen LogP contribution in [0.5, 0.6) is 0 Å². The van der Waals surface area contributed by atoms with Gasteiger partial charge in [-0.2, -0.15) is 0 Å². The Morgan fingerprint density at radius 1 is 1.50 bits per heavy atom. The van der Waals surface area contributed by atoms with E-state index in [0.29, 0.717) is 19.5 Å². The molecule has 0 aliphatic heterocycles. The zero-order valence-corrected chi connectivity index (χ0v) is 13.2. The lowest BCUT2D eigenvalue weighted by Crippen LogP contribution is -2.43. The van der Waals surface area contributed by atoms with Crippen molar-refractivity contribution < 1.29 is 4.79 Å². The van der Waals surface area contributed by atoms with Crippen molar-refractivity contribution in [3.05, 3.63) is 34.0 Å². The van der Waals surface area contributed by atoms with Crippen LogP contribution < -0.4 is 5.73 Å². The van der Waals surface area contributed by atoms with Crippen LogP contribution in [0.15, 0.2) is 24.8 Å². The predicted molar refractivity (Wildman–Crippen MR) is 84.9 cm³/mol. The number of hydrogen-bond donors (Lipinski definition) is 1. The van der Waals surface area contributed by atoms with E-state index < -0.39 is 0 Å². The van der Waals surface area contributed by atoms with E-state index in [0.717, 1.165) is 34.9 Å². The van der Waals surface area contributed by atoms with Gasteiger partial charge in [0.1, 0.15) is 0 Å². The number of carbonyl (C=O) groups excluding carboxylic acids is 1. The van der Waals surface area contributed by atoms with Crippen molar-refractivity contribution in [3.8, 4) is 0 Å². The highest BCUT2D eigenvalue weighted by Gasteiger charge is 2.33. The van der Waals surface area contributed by atoms with Crippen LogP contribution in [0.25, 0.3) is 0 Å². The van der Waals surface area contributed by atoms with Crippen LogP contribution in [0.3, 0.4) is 0 Å². The van der Waals surface area contributed by atoms with Crippen molar-refractivity contribution in [2.24, 2.45) is 5.73 Å². The molecule has 2 rings (SSSR count). The summed E-state index contributed by atoms with van der Waals surface area (Å²) < 4.78 is 0.747. The Labute approximate surface area is 129 Å². The highest BCUT2D eigenvalue weighted by molar-refractivity contribution is 7.16. The van der Waals surface area contributed by atoms with Gasteiger partial charge in [0.25, 0.3) is 0 Å². The Morgan fingerprint density at radius 3 is 2.75 bits per heavy atom. The quantitative estimate of drug-likeness (QED) is 0.816. The van der Waals surface area contributed by atoms with E-state index in [4.69, 9.17) is 17.3 Å². The van der Waals surface area contributed by atoms with Gasteiger partial charge >= 0.3 is 0 Å². The minimum Gasteiger partial charge on any atom is -0.334 e. The van der Waals surface area contributed by atoms with Gasteiger partial charge in [-0.1, -0.05) is 30.5 Å². The molecule has 1 heterocycles. The highest BCUT2D eigenvalue weighted by Crippen LogP contribution is 2.31. The summed E-state index contributed by atoms with van der Waals surface area (Å²) in [4.78, 5) is 15.4. The minimum absolute atomic E-state index is 0.110. The SMILES string of the molecule is C=CCN(Cc1ccc(Cl)s1)C(=O)CC1(N)CCCC1. The molecular weight excluding hydrogens is 292 g/mol. The van der Waals surface area contributed by atoms with E-state index in [9.17, 15) is 4.79 Å². The van der Waals surface area contributed by atoms with Crippen molar-refractivity contribution in [3.63, 3.8) is 0 Å². The van der Waals surface area contributed by atoms with Crippen molar-refractivity contribution >= 4 is 28.8 Å². The molecule has 1 saturated carbocycles. The predicted octanol–water partition coefficient (Wildman–Crippen LogP) is 3.58. The molecule has 0 radical (unpaired) electrons. The molecule has 1 aliphatic carbocycles. The number of hydrogen-bond acceptors (Lipinski definition) is 3. The third-order valence-corrected chi connectivity index (χ3v) is 5.00. The number of thiophene rings is 1. The number of nitrogens with two attached hydrogens (primary N) is 1. The van der Waals surface area contributed by atoms with Gasteiger partial charge in [-0.3, -0.25) is 4.79 Å². The summed E-state index contributed by atoms with van der Waals surface area (Å²) in [5.74, 6) is 0.110. The number of carbonyl (C=O) groups is 1. The zero-order valence-electron chi connectivity index (χ0n) is 11.6. The lowest BCUT2D eigenvalue weighted by atomic mass is 9.94. The second-order valence-electron chi connectivity index (χ2n) is 5.52. The Bertz CT molecular complexity index is 480. The maximum Gasteiger partial charge on any atom is 0.225 e. The highest BCUT2D eigenvalue weighted by atomic mass is 35.5. The summed E-state index contributed by atoms with van der Waals surface area (Å²) in [7, 11) is 0. The molecule has 0 spiro atoms. The van der Waals surface area contributed by atoms with Gasteiger partial charge in [-0.05, 0) is 25.0 Å². The van der Waals surface area contributed by atoms with Gasteiger partial charge in [-0.25, -0.2) is 0 Å². The molecule has 2 N–H and O–H groups in total. The molecule has 1 fully saturated rings. The normalized spacial score (nSPS) is 17.1. The Kier molecular flexibility index (Phi) is 5.24. The van der Waals surface area contributed by atoms with Crippen LogP contribution in [-0.2, 0) is 11.3 Å². The fraction of sp³-hybridized carbons (Fsp3) is 0.533. The summed E-state index contributed by atoms with van der Waals surface area (Å²) in [6, 6.07) is 3.82. The van der Waals surface area contributed by atoms with E-state index in [2.05, 4.69) is 6.58 Å². The number of amides is 1. The van der Waals surface area contributed by atoms with Crippen molar-refractivity contribution in [1.82, 2.24) is 4.90 Å².